The average Bonchev–Trinajstić information content (AvgIpc) is 2.63. The zero-order valence-electron chi connectivity index (χ0n) is 8.90. The average molecular weight is 210 g/mol. The zero-order valence-corrected chi connectivity index (χ0v) is 8.90. The molecule has 0 N–H and O–H groups in total. The van der Waals surface area contributed by atoms with E-state index in [9.17, 15) is 9.59 Å². The summed E-state index contributed by atoms with van der Waals surface area (Å²) < 4.78 is 6.33. The fourth-order valence-corrected chi connectivity index (χ4v) is 1.11. The van der Waals surface area contributed by atoms with Gasteiger partial charge < -0.3 is 4.74 Å². The van der Waals surface area contributed by atoms with Gasteiger partial charge in [0.2, 0.25) is 0 Å². The summed E-state index contributed by atoms with van der Waals surface area (Å²) in [5.41, 5.74) is 0.554. The van der Waals surface area contributed by atoms with Crippen LogP contribution in [0.2, 0.25) is 0 Å². The van der Waals surface area contributed by atoms with Crippen LogP contribution in [0.4, 0.5) is 0 Å². The quantitative estimate of drug-likeness (QED) is 0.538. The molecule has 0 aliphatic rings. The number of carbonyl (C=O) groups is 2. The summed E-state index contributed by atoms with van der Waals surface area (Å²) in [5, 5.41) is 3.96. The van der Waals surface area contributed by atoms with Crippen molar-refractivity contribution in [3.63, 3.8) is 0 Å². The van der Waals surface area contributed by atoms with Gasteiger partial charge in [-0.1, -0.05) is 0 Å². The maximum Gasteiger partial charge on any atom is 0.307 e. The number of ketones is 1. The third kappa shape index (κ3) is 3.53. The lowest BCUT2D eigenvalue weighted by Crippen LogP contribution is -2.09. The van der Waals surface area contributed by atoms with Crippen LogP contribution in [0.3, 0.4) is 0 Å². The highest BCUT2D eigenvalue weighted by Crippen LogP contribution is 2.00. The lowest BCUT2D eigenvalue weighted by molar-refractivity contribution is -0.143. The van der Waals surface area contributed by atoms with Crippen LogP contribution in [0.15, 0.2) is 12.4 Å². The minimum absolute atomic E-state index is 0.0302. The van der Waals surface area contributed by atoms with Gasteiger partial charge >= 0.3 is 5.97 Å². The van der Waals surface area contributed by atoms with Crippen molar-refractivity contribution in [3.8, 4) is 0 Å². The first-order chi connectivity index (χ1) is 7.13. The van der Waals surface area contributed by atoms with Crippen molar-refractivity contribution >= 4 is 11.8 Å². The molecule has 5 nitrogen and oxygen atoms in total. The van der Waals surface area contributed by atoms with Gasteiger partial charge in [-0.2, -0.15) is 5.10 Å². The van der Waals surface area contributed by atoms with Gasteiger partial charge in [-0.25, -0.2) is 0 Å². The molecule has 0 aliphatic carbocycles. The highest BCUT2D eigenvalue weighted by Gasteiger charge is 2.05. The third-order valence-corrected chi connectivity index (χ3v) is 1.89. The summed E-state index contributed by atoms with van der Waals surface area (Å²) in [6.07, 6.45) is 3.39. The predicted molar refractivity (Wildman–Crippen MR) is 53.5 cm³/mol. The summed E-state index contributed by atoms with van der Waals surface area (Å²) in [5.74, 6) is -0.283. The van der Waals surface area contributed by atoms with E-state index in [1.165, 1.54) is 13.1 Å². The fraction of sp³-hybridized carbons (Fsp3) is 0.500. The molecule has 0 aromatic carbocycles. The molecule has 15 heavy (non-hydrogen) atoms. The van der Waals surface area contributed by atoms with Crippen LogP contribution >= 0.6 is 0 Å². The Balaban J connectivity index is 2.44. The third-order valence-electron chi connectivity index (χ3n) is 1.89. The van der Waals surface area contributed by atoms with Crippen molar-refractivity contribution in [2.45, 2.75) is 26.8 Å². The number of carbonyl (C=O) groups excluding carboxylic acids is 2. The molecule has 0 saturated heterocycles. The first-order valence-corrected chi connectivity index (χ1v) is 4.82. The van der Waals surface area contributed by atoms with Crippen LogP contribution < -0.4 is 0 Å². The lowest BCUT2D eigenvalue weighted by Gasteiger charge is -2.01. The maximum atomic E-state index is 11.0. The van der Waals surface area contributed by atoms with Crippen molar-refractivity contribution in [1.29, 1.82) is 0 Å². The van der Waals surface area contributed by atoms with Crippen LogP contribution in [-0.2, 0) is 16.1 Å². The summed E-state index contributed by atoms with van der Waals surface area (Å²) in [6.45, 7) is 4.06. The van der Waals surface area contributed by atoms with E-state index in [0.29, 0.717) is 18.7 Å². The molecule has 0 radical (unpaired) electrons. The number of aryl methyl sites for hydroxylation is 1. The second-order valence-corrected chi connectivity index (χ2v) is 3.10. The number of hydrogen-bond acceptors (Lipinski definition) is 4. The van der Waals surface area contributed by atoms with E-state index in [1.807, 2.05) is 0 Å². The molecule has 0 fully saturated rings. The number of aromatic nitrogens is 2. The topological polar surface area (TPSA) is 61.2 Å². The van der Waals surface area contributed by atoms with Gasteiger partial charge in [0, 0.05) is 6.20 Å². The van der Waals surface area contributed by atoms with Gasteiger partial charge in [0.1, 0.15) is 0 Å². The highest BCUT2D eigenvalue weighted by atomic mass is 16.5. The summed E-state index contributed by atoms with van der Waals surface area (Å²) in [4.78, 5) is 22.0. The van der Waals surface area contributed by atoms with Crippen molar-refractivity contribution in [3.05, 3.63) is 18.0 Å². The Bertz CT molecular complexity index is 357. The summed E-state index contributed by atoms with van der Waals surface area (Å²) in [7, 11) is 0. The zero-order chi connectivity index (χ0) is 11.3. The second-order valence-electron chi connectivity index (χ2n) is 3.10. The standard InChI is InChI=1S/C10H14N2O3/c1-3-15-10(14)4-5-12-7-9(6-11-12)8(2)13/h6-7H,3-5H2,1-2H3. The molecule has 0 bridgehead atoms. The largest absolute Gasteiger partial charge is 0.466 e. The molecule has 1 heterocycles. The number of hydrogen-bond donors (Lipinski definition) is 0. The van der Waals surface area contributed by atoms with E-state index in [2.05, 4.69) is 5.10 Å². The molecule has 0 atom stereocenters. The van der Waals surface area contributed by atoms with Crippen molar-refractivity contribution in [2.24, 2.45) is 0 Å². The SMILES string of the molecule is CCOC(=O)CCn1cc(C(C)=O)cn1. The van der Waals surface area contributed by atoms with E-state index >= 15 is 0 Å². The van der Waals surface area contributed by atoms with Gasteiger partial charge in [-0.3, -0.25) is 14.3 Å². The molecule has 0 aliphatic heterocycles. The number of nitrogens with zero attached hydrogens (tertiary/aromatic N) is 2. The number of Topliss-reactive ketones (excluding diaryl/α,β-unsaturated/α-hetero) is 1. The van der Waals surface area contributed by atoms with Crippen LogP contribution in [0.25, 0.3) is 0 Å². The lowest BCUT2D eigenvalue weighted by atomic mass is 10.3. The van der Waals surface area contributed by atoms with Crippen molar-refractivity contribution in [2.75, 3.05) is 6.61 Å². The molecular formula is C10H14N2O3. The van der Waals surface area contributed by atoms with Gasteiger partial charge in [0.05, 0.1) is 31.3 Å². The Morgan fingerprint density at radius 1 is 1.53 bits per heavy atom. The molecule has 1 aromatic rings. The Kier molecular flexibility index (Phi) is 4.03. The van der Waals surface area contributed by atoms with Gasteiger partial charge in [0.15, 0.2) is 5.78 Å². The Morgan fingerprint density at radius 3 is 2.80 bits per heavy atom. The monoisotopic (exact) mass is 210 g/mol. The van der Waals surface area contributed by atoms with Crippen LogP contribution in [-0.4, -0.2) is 28.1 Å². The van der Waals surface area contributed by atoms with E-state index in [-0.39, 0.29) is 18.2 Å². The van der Waals surface area contributed by atoms with Gasteiger partial charge in [-0.05, 0) is 13.8 Å². The summed E-state index contributed by atoms with van der Waals surface area (Å²) >= 11 is 0. The molecular weight excluding hydrogens is 196 g/mol. The number of rotatable bonds is 5. The van der Waals surface area contributed by atoms with Gasteiger partial charge in [0.25, 0.3) is 0 Å². The van der Waals surface area contributed by atoms with E-state index in [4.69, 9.17) is 4.74 Å². The Hall–Kier alpha value is -1.65. The maximum absolute atomic E-state index is 11.0. The second kappa shape index (κ2) is 5.29. The van der Waals surface area contributed by atoms with Crippen LogP contribution in [0.1, 0.15) is 30.6 Å². The molecule has 0 spiro atoms. The number of esters is 1. The molecule has 1 rings (SSSR count). The molecule has 5 heteroatoms. The first-order valence-electron chi connectivity index (χ1n) is 4.82. The fourth-order valence-electron chi connectivity index (χ4n) is 1.11. The molecule has 0 amide bonds. The molecule has 0 saturated carbocycles. The normalized spacial score (nSPS) is 10.0. The number of ether oxygens (including phenoxy) is 1. The van der Waals surface area contributed by atoms with E-state index in [0.717, 1.165) is 0 Å². The summed E-state index contributed by atoms with van der Waals surface area (Å²) in [6, 6.07) is 0. The Labute approximate surface area is 88.0 Å². The predicted octanol–water partition coefficient (Wildman–Crippen LogP) is 1.04. The van der Waals surface area contributed by atoms with Crippen LogP contribution in [0, 0.1) is 0 Å². The van der Waals surface area contributed by atoms with Crippen molar-refractivity contribution in [1.82, 2.24) is 9.78 Å². The van der Waals surface area contributed by atoms with E-state index in [1.54, 1.807) is 17.8 Å². The molecule has 1 aromatic heterocycles. The van der Waals surface area contributed by atoms with Gasteiger partial charge in [-0.15, -0.1) is 0 Å². The highest BCUT2D eigenvalue weighted by molar-refractivity contribution is 5.93. The van der Waals surface area contributed by atoms with E-state index < -0.39 is 0 Å². The minimum atomic E-state index is -0.252. The smallest absolute Gasteiger partial charge is 0.307 e. The Morgan fingerprint density at radius 2 is 2.27 bits per heavy atom. The van der Waals surface area contributed by atoms with Crippen LogP contribution in [0.5, 0.6) is 0 Å². The first kappa shape index (κ1) is 11.4. The van der Waals surface area contributed by atoms with Crippen molar-refractivity contribution < 1.29 is 14.3 Å². The minimum Gasteiger partial charge on any atom is -0.466 e. The molecule has 0 unspecified atom stereocenters. The molecule has 82 valence electrons.